The molecule has 0 saturated carbocycles. The van der Waals surface area contributed by atoms with Gasteiger partial charge >= 0.3 is 0 Å². The number of likely N-dealkylation sites (N-methyl/N-ethyl adjacent to an activating group) is 1. The molecule has 168 valence electrons. The lowest BCUT2D eigenvalue weighted by molar-refractivity contribution is 0.0773. The minimum Gasteiger partial charge on any atom is -0.497 e. The summed E-state index contributed by atoms with van der Waals surface area (Å²) in [5, 5.41) is 0.509. The molecule has 0 aliphatic rings. The normalized spacial score (nSPS) is 11.0. The van der Waals surface area contributed by atoms with Gasteiger partial charge in [0.15, 0.2) is 0 Å². The molecular weight excluding hydrogens is 452 g/mol. The molecule has 0 saturated heterocycles. The molecule has 0 atom stereocenters. The average molecular weight is 475 g/mol. The molecule has 0 spiro atoms. The standard InChI is InChI=1S/C23H23ClN2O5S/c1-26(15-16-31-21-11-9-20(30-2)10-12-21)23(27)17-3-13-22(14-4-17)32(28,29)25-19-7-5-18(24)6-8-19/h3-14,25H,15-16H2,1-2H3. The molecule has 0 aliphatic heterocycles. The maximum Gasteiger partial charge on any atom is 0.261 e. The van der Waals surface area contributed by atoms with Crippen molar-refractivity contribution in [1.82, 2.24) is 4.90 Å². The zero-order chi connectivity index (χ0) is 23.1. The van der Waals surface area contributed by atoms with Gasteiger partial charge < -0.3 is 14.4 Å². The van der Waals surface area contributed by atoms with Crippen molar-refractivity contribution in [3.63, 3.8) is 0 Å². The Morgan fingerprint density at radius 1 is 0.938 bits per heavy atom. The van der Waals surface area contributed by atoms with Gasteiger partial charge in [0.2, 0.25) is 0 Å². The van der Waals surface area contributed by atoms with Crippen molar-refractivity contribution in [2.45, 2.75) is 4.90 Å². The summed E-state index contributed by atoms with van der Waals surface area (Å²) in [6.07, 6.45) is 0. The van der Waals surface area contributed by atoms with Gasteiger partial charge in [0.25, 0.3) is 15.9 Å². The van der Waals surface area contributed by atoms with Crippen LogP contribution < -0.4 is 14.2 Å². The van der Waals surface area contributed by atoms with Crippen LogP contribution in [-0.4, -0.2) is 46.5 Å². The second-order valence-corrected chi connectivity index (χ2v) is 9.01. The van der Waals surface area contributed by atoms with E-state index in [0.717, 1.165) is 5.75 Å². The van der Waals surface area contributed by atoms with Crippen LogP contribution in [-0.2, 0) is 10.0 Å². The average Bonchev–Trinajstić information content (AvgIpc) is 2.80. The van der Waals surface area contributed by atoms with Gasteiger partial charge in [-0.1, -0.05) is 11.6 Å². The number of nitrogens with zero attached hydrogens (tertiary/aromatic N) is 1. The number of amides is 1. The highest BCUT2D eigenvalue weighted by molar-refractivity contribution is 7.92. The first-order valence-corrected chi connectivity index (χ1v) is 11.6. The number of sulfonamides is 1. The molecule has 1 amide bonds. The fourth-order valence-electron chi connectivity index (χ4n) is 2.80. The Bertz CT molecular complexity index is 1150. The predicted octanol–water partition coefficient (Wildman–Crippen LogP) is 4.30. The largest absolute Gasteiger partial charge is 0.497 e. The molecule has 0 aliphatic carbocycles. The molecule has 3 aromatic rings. The Hall–Kier alpha value is -3.23. The zero-order valence-corrected chi connectivity index (χ0v) is 19.2. The maximum absolute atomic E-state index is 12.6. The van der Waals surface area contributed by atoms with E-state index in [0.29, 0.717) is 35.2 Å². The topological polar surface area (TPSA) is 84.9 Å². The molecular formula is C23H23ClN2O5S. The Balaban J connectivity index is 1.56. The number of ether oxygens (including phenoxy) is 2. The fourth-order valence-corrected chi connectivity index (χ4v) is 3.99. The smallest absolute Gasteiger partial charge is 0.261 e. The molecule has 0 fully saturated rings. The Labute approximate surface area is 192 Å². The number of carbonyl (C=O) groups is 1. The van der Waals surface area contributed by atoms with Crippen LogP contribution in [0.25, 0.3) is 0 Å². The van der Waals surface area contributed by atoms with Gasteiger partial charge in [-0.05, 0) is 72.8 Å². The zero-order valence-electron chi connectivity index (χ0n) is 17.6. The summed E-state index contributed by atoms with van der Waals surface area (Å²) in [6, 6.07) is 19.3. The molecule has 0 heterocycles. The summed E-state index contributed by atoms with van der Waals surface area (Å²) in [5.74, 6) is 1.17. The van der Waals surface area contributed by atoms with E-state index in [1.54, 1.807) is 62.7 Å². The van der Waals surface area contributed by atoms with Crippen LogP contribution in [0.2, 0.25) is 5.02 Å². The second kappa shape index (κ2) is 10.4. The summed E-state index contributed by atoms with van der Waals surface area (Å²) in [6.45, 7) is 0.676. The Morgan fingerprint density at radius 2 is 1.53 bits per heavy atom. The van der Waals surface area contributed by atoms with Gasteiger partial charge in [-0.25, -0.2) is 8.42 Å². The summed E-state index contributed by atoms with van der Waals surface area (Å²) >= 11 is 5.82. The van der Waals surface area contributed by atoms with Crippen molar-refractivity contribution in [1.29, 1.82) is 0 Å². The predicted molar refractivity (Wildman–Crippen MR) is 124 cm³/mol. The number of hydrogen-bond donors (Lipinski definition) is 1. The molecule has 0 bridgehead atoms. The van der Waals surface area contributed by atoms with Gasteiger partial charge in [0, 0.05) is 23.3 Å². The number of nitrogens with one attached hydrogen (secondary N) is 1. The number of methoxy groups -OCH3 is 1. The van der Waals surface area contributed by atoms with E-state index in [1.165, 1.54) is 29.2 Å². The van der Waals surface area contributed by atoms with E-state index in [-0.39, 0.29) is 10.8 Å². The molecule has 0 unspecified atom stereocenters. The Morgan fingerprint density at radius 3 is 2.12 bits per heavy atom. The fraction of sp³-hybridized carbons (Fsp3) is 0.174. The van der Waals surface area contributed by atoms with Crippen LogP contribution in [0.4, 0.5) is 5.69 Å². The van der Waals surface area contributed by atoms with E-state index in [2.05, 4.69) is 4.72 Å². The molecule has 3 rings (SSSR count). The highest BCUT2D eigenvalue weighted by Crippen LogP contribution is 2.20. The van der Waals surface area contributed by atoms with Gasteiger partial charge in [-0.2, -0.15) is 0 Å². The summed E-state index contributed by atoms with van der Waals surface area (Å²) in [5.41, 5.74) is 0.772. The van der Waals surface area contributed by atoms with Crippen molar-refractivity contribution in [3.05, 3.63) is 83.4 Å². The monoisotopic (exact) mass is 474 g/mol. The molecule has 0 radical (unpaired) electrons. The minimum absolute atomic E-state index is 0.0505. The number of hydrogen-bond acceptors (Lipinski definition) is 5. The highest BCUT2D eigenvalue weighted by atomic mass is 35.5. The number of carbonyl (C=O) groups excluding carboxylic acids is 1. The van der Waals surface area contributed by atoms with Crippen LogP contribution in [0.5, 0.6) is 11.5 Å². The molecule has 32 heavy (non-hydrogen) atoms. The molecule has 7 nitrogen and oxygen atoms in total. The summed E-state index contributed by atoms with van der Waals surface area (Å²) in [4.78, 5) is 14.2. The van der Waals surface area contributed by atoms with Gasteiger partial charge in [-0.3, -0.25) is 9.52 Å². The SMILES string of the molecule is COc1ccc(OCCN(C)C(=O)c2ccc(S(=O)(=O)Nc3ccc(Cl)cc3)cc2)cc1. The van der Waals surface area contributed by atoms with E-state index < -0.39 is 10.0 Å². The molecule has 1 N–H and O–H groups in total. The number of halogens is 1. The van der Waals surface area contributed by atoms with Gasteiger partial charge in [-0.15, -0.1) is 0 Å². The first-order valence-electron chi connectivity index (χ1n) is 9.69. The van der Waals surface area contributed by atoms with Crippen molar-refractivity contribution in [2.24, 2.45) is 0 Å². The molecule has 3 aromatic carbocycles. The van der Waals surface area contributed by atoms with Crippen LogP contribution in [0.3, 0.4) is 0 Å². The third-order valence-electron chi connectivity index (χ3n) is 4.61. The molecule has 9 heteroatoms. The van der Waals surface area contributed by atoms with Crippen LogP contribution in [0, 0.1) is 0 Å². The van der Waals surface area contributed by atoms with Gasteiger partial charge in [0.1, 0.15) is 18.1 Å². The minimum atomic E-state index is -3.79. The number of rotatable bonds is 9. The quantitative estimate of drug-likeness (QED) is 0.499. The first kappa shape index (κ1) is 23.4. The van der Waals surface area contributed by atoms with Crippen molar-refractivity contribution < 1.29 is 22.7 Å². The highest BCUT2D eigenvalue weighted by Gasteiger charge is 2.17. The van der Waals surface area contributed by atoms with Gasteiger partial charge in [0.05, 0.1) is 18.6 Å². The third kappa shape index (κ3) is 6.15. The lowest BCUT2D eigenvalue weighted by atomic mass is 10.2. The summed E-state index contributed by atoms with van der Waals surface area (Å²) < 4.78 is 38.3. The van der Waals surface area contributed by atoms with Crippen LogP contribution >= 0.6 is 11.6 Å². The number of anilines is 1. The van der Waals surface area contributed by atoms with Crippen molar-refractivity contribution in [3.8, 4) is 11.5 Å². The summed E-state index contributed by atoms with van der Waals surface area (Å²) in [7, 11) is -0.535. The lowest BCUT2D eigenvalue weighted by Gasteiger charge is -2.18. The Kier molecular flexibility index (Phi) is 7.61. The van der Waals surface area contributed by atoms with E-state index >= 15 is 0 Å². The van der Waals surface area contributed by atoms with E-state index in [1.807, 2.05) is 0 Å². The second-order valence-electron chi connectivity index (χ2n) is 6.89. The first-order chi connectivity index (χ1) is 15.3. The maximum atomic E-state index is 12.6. The lowest BCUT2D eigenvalue weighted by Crippen LogP contribution is -2.30. The van der Waals surface area contributed by atoms with E-state index in [9.17, 15) is 13.2 Å². The van der Waals surface area contributed by atoms with Crippen molar-refractivity contribution >= 4 is 33.2 Å². The number of benzene rings is 3. The van der Waals surface area contributed by atoms with Crippen molar-refractivity contribution in [2.75, 3.05) is 32.0 Å². The third-order valence-corrected chi connectivity index (χ3v) is 6.26. The van der Waals surface area contributed by atoms with Crippen LogP contribution in [0.15, 0.2) is 77.7 Å². The van der Waals surface area contributed by atoms with Crippen LogP contribution in [0.1, 0.15) is 10.4 Å². The molecule has 0 aromatic heterocycles. The van der Waals surface area contributed by atoms with E-state index in [4.69, 9.17) is 21.1 Å².